The summed E-state index contributed by atoms with van der Waals surface area (Å²) >= 11 is 2.16. The van der Waals surface area contributed by atoms with Crippen LogP contribution in [0.15, 0.2) is 42.5 Å². The van der Waals surface area contributed by atoms with E-state index in [9.17, 15) is 9.59 Å². The van der Waals surface area contributed by atoms with Gasteiger partial charge in [-0.1, -0.05) is 24.3 Å². The second-order valence-corrected chi connectivity index (χ2v) is 6.64. The lowest BCUT2D eigenvalue weighted by atomic mass is 10.1. The number of nitrogens with one attached hydrogen (secondary N) is 2. The summed E-state index contributed by atoms with van der Waals surface area (Å²) in [7, 11) is 0. The van der Waals surface area contributed by atoms with E-state index in [-0.39, 0.29) is 17.9 Å². The fraction of sp³-hybridized carbons (Fsp3) is 0.222. The zero-order chi connectivity index (χ0) is 17.0. The fourth-order valence-corrected chi connectivity index (χ4v) is 2.75. The molecule has 0 radical (unpaired) electrons. The first kappa shape index (κ1) is 17.5. The fourth-order valence-electron chi connectivity index (χ4n) is 2.14. The van der Waals surface area contributed by atoms with Crippen molar-refractivity contribution in [2.75, 3.05) is 5.32 Å². The van der Waals surface area contributed by atoms with Crippen molar-refractivity contribution in [3.05, 3.63) is 62.7 Å². The monoisotopic (exact) mass is 422 g/mol. The summed E-state index contributed by atoms with van der Waals surface area (Å²) in [4.78, 5) is 24.8. The molecule has 0 heterocycles. The number of hydrogen-bond donors (Lipinski definition) is 2. The maximum absolute atomic E-state index is 12.5. The summed E-state index contributed by atoms with van der Waals surface area (Å²) in [6, 6.07) is 12.6. The van der Waals surface area contributed by atoms with E-state index in [0.717, 1.165) is 9.13 Å². The Labute approximate surface area is 149 Å². The summed E-state index contributed by atoms with van der Waals surface area (Å²) in [5.74, 6) is -0.419. The third-order valence-corrected chi connectivity index (χ3v) is 4.71. The van der Waals surface area contributed by atoms with Crippen molar-refractivity contribution in [2.24, 2.45) is 0 Å². The van der Waals surface area contributed by atoms with Crippen LogP contribution in [0.25, 0.3) is 0 Å². The van der Waals surface area contributed by atoms with Crippen LogP contribution in [-0.2, 0) is 0 Å². The van der Waals surface area contributed by atoms with Gasteiger partial charge >= 0.3 is 0 Å². The van der Waals surface area contributed by atoms with Gasteiger partial charge in [0.15, 0.2) is 0 Å². The Hall–Kier alpha value is -1.89. The lowest BCUT2D eigenvalue weighted by Crippen LogP contribution is -2.31. The van der Waals surface area contributed by atoms with Gasteiger partial charge in [0.25, 0.3) is 11.8 Å². The van der Waals surface area contributed by atoms with E-state index in [2.05, 4.69) is 33.2 Å². The number of aryl methyl sites for hydroxylation is 1. The highest BCUT2D eigenvalue weighted by molar-refractivity contribution is 14.1. The second-order valence-electron chi connectivity index (χ2n) is 5.56. The standard InChI is InChI=1S/C18H19IN2O2/c1-11(2)20-17(22)13-8-4-5-10-15(13)21-18(23)14-9-6-7-12(3)16(14)19/h4-11H,1-3H3,(H,20,22)(H,21,23). The van der Waals surface area contributed by atoms with Gasteiger partial charge in [0.1, 0.15) is 0 Å². The Morgan fingerprint density at radius 3 is 2.30 bits per heavy atom. The number of rotatable bonds is 4. The summed E-state index contributed by atoms with van der Waals surface area (Å²) in [6.07, 6.45) is 0. The molecule has 23 heavy (non-hydrogen) atoms. The minimum atomic E-state index is -0.220. The molecule has 0 unspecified atom stereocenters. The van der Waals surface area contributed by atoms with Crippen LogP contribution in [-0.4, -0.2) is 17.9 Å². The predicted molar refractivity (Wildman–Crippen MR) is 101 cm³/mol. The van der Waals surface area contributed by atoms with Crippen LogP contribution in [0.5, 0.6) is 0 Å². The van der Waals surface area contributed by atoms with Crippen LogP contribution < -0.4 is 10.6 Å². The molecule has 2 aromatic rings. The number of carbonyl (C=O) groups is 2. The minimum Gasteiger partial charge on any atom is -0.350 e. The summed E-state index contributed by atoms with van der Waals surface area (Å²) in [5.41, 5.74) is 2.61. The lowest BCUT2D eigenvalue weighted by Gasteiger charge is -2.14. The Bertz CT molecular complexity index is 742. The molecule has 2 rings (SSSR count). The van der Waals surface area contributed by atoms with E-state index in [4.69, 9.17) is 0 Å². The third-order valence-electron chi connectivity index (χ3n) is 3.28. The SMILES string of the molecule is Cc1cccc(C(=O)Nc2ccccc2C(=O)NC(C)C)c1I. The molecule has 0 saturated carbocycles. The Morgan fingerprint density at radius 2 is 1.61 bits per heavy atom. The molecule has 0 bridgehead atoms. The molecule has 2 aromatic carbocycles. The molecular formula is C18H19IN2O2. The normalized spacial score (nSPS) is 10.5. The van der Waals surface area contributed by atoms with Crippen LogP contribution in [0, 0.1) is 10.5 Å². The number of anilines is 1. The molecule has 0 aliphatic rings. The molecule has 2 amide bonds. The van der Waals surface area contributed by atoms with E-state index in [1.807, 2.05) is 32.9 Å². The molecule has 0 aliphatic carbocycles. The Morgan fingerprint density at radius 1 is 0.957 bits per heavy atom. The first-order valence-corrected chi connectivity index (χ1v) is 8.44. The molecule has 0 aromatic heterocycles. The van der Waals surface area contributed by atoms with Gasteiger partial charge in [-0.15, -0.1) is 0 Å². The summed E-state index contributed by atoms with van der Waals surface area (Å²) in [5, 5.41) is 5.69. The smallest absolute Gasteiger partial charge is 0.256 e. The Kier molecular flexibility index (Phi) is 5.76. The average molecular weight is 422 g/mol. The molecule has 0 spiro atoms. The summed E-state index contributed by atoms with van der Waals surface area (Å²) in [6.45, 7) is 5.75. The number of halogens is 1. The number of benzene rings is 2. The largest absolute Gasteiger partial charge is 0.350 e. The van der Waals surface area contributed by atoms with Gasteiger partial charge in [-0.25, -0.2) is 0 Å². The zero-order valence-corrected chi connectivity index (χ0v) is 15.5. The molecular weight excluding hydrogens is 403 g/mol. The molecule has 0 fully saturated rings. The third kappa shape index (κ3) is 4.31. The van der Waals surface area contributed by atoms with Crippen LogP contribution in [0.2, 0.25) is 0 Å². The molecule has 0 saturated heterocycles. The Balaban J connectivity index is 2.28. The lowest BCUT2D eigenvalue weighted by molar-refractivity contribution is 0.0944. The summed E-state index contributed by atoms with van der Waals surface area (Å²) < 4.78 is 0.909. The van der Waals surface area contributed by atoms with Crippen molar-refractivity contribution < 1.29 is 9.59 Å². The van der Waals surface area contributed by atoms with Gasteiger partial charge < -0.3 is 10.6 Å². The van der Waals surface area contributed by atoms with Gasteiger partial charge in [0, 0.05) is 9.61 Å². The number of hydrogen-bond acceptors (Lipinski definition) is 2. The average Bonchev–Trinajstić information content (AvgIpc) is 2.49. The van der Waals surface area contributed by atoms with Crippen molar-refractivity contribution in [3.8, 4) is 0 Å². The first-order valence-electron chi connectivity index (χ1n) is 7.36. The second kappa shape index (κ2) is 7.59. The van der Waals surface area contributed by atoms with E-state index in [1.165, 1.54) is 0 Å². The highest BCUT2D eigenvalue weighted by atomic mass is 127. The van der Waals surface area contributed by atoms with Crippen LogP contribution in [0.1, 0.15) is 40.1 Å². The van der Waals surface area contributed by atoms with Crippen molar-refractivity contribution in [2.45, 2.75) is 26.8 Å². The number of amides is 2. The van der Waals surface area contributed by atoms with Gasteiger partial charge in [-0.2, -0.15) is 0 Å². The highest BCUT2D eigenvalue weighted by Gasteiger charge is 2.16. The highest BCUT2D eigenvalue weighted by Crippen LogP contribution is 2.20. The van der Waals surface area contributed by atoms with Crippen molar-refractivity contribution in [1.29, 1.82) is 0 Å². The van der Waals surface area contributed by atoms with Crippen LogP contribution >= 0.6 is 22.6 Å². The van der Waals surface area contributed by atoms with Gasteiger partial charge in [-0.05, 0) is 67.1 Å². The molecule has 5 heteroatoms. The zero-order valence-electron chi connectivity index (χ0n) is 13.3. The quantitative estimate of drug-likeness (QED) is 0.733. The van der Waals surface area contributed by atoms with E-state index >= 15 is 0 Å². The first-order chi connectivity index (χ1) is 10.9. The number of para-hydroxylation sites is 1. The van der Waals surface area contributed by atoms with E-state index in [0.29, 0.717) is 16.8 Å². The van der Waals surface area contributed by atoms with Crippen LogP contribution in [0.4, 0.5) is 5.69 Å². The maximum Gasteiger partial charge on any atom is 0.256 e. The van der Waals surface area contributed by atoms with Crippen molar-refractivity contribution in [1.82, 2.24) is 5.32 Å². The molecule has 2 N–H and O–H groups in total. The van der Waals surface area contributed by atoms with Crippen molar-refractivity contribution in [3.63, 3.8) is 0 Å². The van der Waals surface area contributed by atoms with Gasteiger partial charge in [0.2, 0.25) is 0 Å². The minimum absolute atomic E-state index is 0.0315. The topological polar surface area (TPSA) is 58.2 Å². The predicted octanol–water partition coefficient (Wildman–Crippen LogP) is 3.99. The number of carbonyl (C=O) groups excluding carboxylic acids is 2. The van der Waals surface area contributed by atoms with E-state index in [1.54, 1.807) is 30.3 Å². The molecule has 0 aliphatic heterocycles. The van der Waals surface area contributed by atoms with Gasteiger partial charge in [0.05, 0.1) is 16.8 Å². The van der Waals surface area contributed by atoms with Gasteiger partial charge in [-0.3, -0.25) is 9.59 Å². The molecule has 4 nitrogen and oxygen atoms in total. The maximum atomic E-state index is 12.5. The van der Waals surface area contributed by atoms with Crippen LogP contribution in [0.3, 0.4) is 0 Å². The molecule has 0 atom stereocenters. The molecule has 120 valence electrons. The van der Waals surface area contributed by atoms with Crippen molar-refractivity contribution >= 4 is 40.1 Å². The van der Waals surface area contributed by atoms with E-state index < -0.39 is 0 Å².